The zero-order valence-corrected chi connectivity index (χ0v) is 23.7. The SMILES string of the molecule is CC(=O)c1cnc2[nH]cc(C)c2c1.CC(=O)c1cnc2[nH]ccc2c1.[I][V]([I])[I]. The van der Waals surface area contributed by atoms with Crippen molar-refractivity contribution in [2.75, 3.05) is 0 Å². The summed E-state index contributed by atoms with van der Waals surface area (Å²) in [5.74, 6) is 0.0978. The number of nitrogens with one attached hydrogen (secondary N) is 2. The summed E-state index contributed by atoms with van der Waals surface area (Å²) >= 11 is 7.39. The summed E-state index contributed by atoms with van der Waals surface area (Å²) in [6.45, 7) is 5.07. The van der Waals surface area contributed by atoms with Crippen molar-refractivity contribution in [2.45, 2.75) is 20.8 Å². The number of aromatic amines is 2. The van der Waals surface area contributed by atoms with Crippen LogP contribution in [0.1, 0.15) is 40.1 Å². The third-order valence-electron chi connectivity index (χ3n) is 3.95. The normalized spacial score (nSPS) is 10.3. The van der Waals surface area contributed by atoms with Crippen molar-refractivity contribution >= 4 is 93.6 Å². The van der Waals surface area contributed by atoms with E-state index in [1.165, 1.54) is 6.92 Å². The molecule has 4 aromatic heterocycles. The van der Waals surface area contributed by atoms with E-state index < -0.39 is 0 Å². The molecule has 0 bridgehead atoms. The van der Waals surface area contributed by atoms with Crippen LogP contribution in [0.15, 0.2) is 43.0 Å². The second-order valence-corrected chi connectivity index (χ2v) is 41.4. The number of ketones is 2. The maximum atomic E-state index is 11.1. The van der Waals surface area contributed by atoms with Crippen LogP contribution >= 0.6 is 59.9 Å². The fourth-order valence-corrected chi connectivity index (χ4v) is 2.46. The summed E-state index contributed by atoms with van der Waals surface area (Å²) < 4.78 is 0. The fraction of sp³-hybridized carbons (Fsp3) is 0.158. The van der Waals surface area contributed by atoms with Gasteiger partial charge in [-0.3, -0.25) is 9.59 Å². The number of hydrogen-bond donors (Lipinski definition) is 2. The average molecular weight is 766 g/mol. The number of aromatic nitrogens is 4. The number of carbonyl (C=O) groups is 2. The summed E-state index contributed by atoms with van der Waals surface area (Å²) in [5.41, 5.74) is 4.09. The number of fused-ring (bicyclic) bond motifs is 2. The molecule has 4 heterocycles. The van der Waals surface area contributed by atoms with Crippen LogP contribution in [-0.4, -0.2) is 31.5 Å². The number of carbonyl (C=O) groups excluding carboxylic acids is 2. The molecule has 2 N–H and O–H groups in total. The fourth-order valence-electron chi connectivity index (χ4n) is 2.46. The molecule has 0 unspecified atom stereocenters. The first-order valence-corrected chi connectivity index (χ1v) is 21.9. The van der Waals surface area contributed by atoms with E-state index in [-0.39, 0.29) is 16.5 Å². The van der Waals surface area contributed by atoms with Crippen LogP contribution in [0.3, 0.4) is 0 Å². The van der Waals surface area contributed by atoms with Crippen molar-refractivity contribution in [3.05, 3.63) is 59.7 Å². The third kappa shape index (κ3) is 7.60. The minimum absolute atomic E-state index is 0.0469. The van der Waals surface area contributed by atoms with E-state index in [4.69, 9.17) is 0 Å². The molecule has 4 aromatic rings. The molecule has 4 rings (SSSR count). The Labute approximate surface area is 206 Å². The van der Waals surface area contributed by atoms with Crippen LogP contribution in [0.25, 0.3) is 22.1 Å². The molecule has 0 aliphatic rings. The summed E-state index contributed by atoms with van der Waals surface area (Å²) in [6.07, 6.45) is 6.88. The number of Topliss-reactive ketones (excluding diaryl/α,β-unsaturated/α-hetero) is 2. The van der Waals surface area contributed by atoms with E-state index in [0.717, 1.165) is 27.6 Å². The van der Waals surface area contributed by atoms with Gasteiger partial charge in [0.05, 0.1) is 0 Å². The van der Waals surface area contributed by atoms with Crippen LogP contribution in [0.4, 0.5) is 0 Å². The molecule has 10 heteroatoms. The number of halogens is 3. The summed E-state index contributed by atoms with van der Waals surface area (Å²) in [4.78, 5) is 36.0. The molecule has 0 aromatic carbocycles. The molecule has 0 radical (unpaired) electrons. The molecule has 152 valence electrons. The van der Waals surface area contributed by atoms with Gasteiger partial charge in [-0.05, 0) is 44.5 Å². The van der Waals surface area contributed by atoms with Crippen LogP contribution in [0.2, 0.25) is 0 Å². The van der Waals surface area contributed by atoms with Crippen molar-refractivity contribution in [1.29, 1.82) is 0 Å². The summed E-state index contributed by atoms with van der Waals surface area (Å²) in [6, 6.07) is 5.60. The van der Waals surface area contributed by atoms with Crippen molar-refractivity contribution in [3.63, 3.8) is 0 Å². The Morgan fingerprint density at radius 3 is 2.07 bits per heavy atom. The predicted octanol–water partition coefficient (Wildman–Crippen LogP) is 6.49. The van der Waals surface area contributed by atoms with E-state index >= 15 is 0 Å². The molecule has 0 spiro atoms. The molecule has 0 fully saturated rings. The van der Waals surface area contributed by atoms with Gasteiger partial charge < -0.3 is 9.97 Å². The van der Waals surface area contributed by atoms with E-state index in [2.05, 4.69) is 79.9 Å². The molecular formula is C19H18I3N4O2V. The molecule has 0 atom stereocenters. The molecule has 6 nitrogen and oxygen atoms in total. The Balaban J connectivity index is 0.000000176. The molecule has 29 heavy (non-hydrogen) atoms. The molecule has 0 aliphatic carbocycles. The van der Waals surface area contributed by atoms with Crippen LogP contribution in [-0.2, 0) is 4.92 Å². The monoisotopic (exact) mass is 766 g/mol. The van der Waals surface area contributed by atoms with Gasteiger partial charge in [-0.25, -0.2) is 9.97 Å². The van der Waals surface area contributed by atoms with E-state index in [0.29, 0.717) is 11.1 Å². The van der Waals surface area contributed by atoms with Gasteiger partial charge in [-0.15, -0.1) is 0 Å². The van der Waals surface area contributed by atoms with Crippen molar-refractivity contribution < 1.29 is 14.5 Å². The second kappa shape index (κ2) is 11.8. The number of pyridine rings is 2. The van der Waals surface area contributed by atoms with Crippen LogP contribution < -0.4 is 0 Å². The Morgan fingerprint density at radius 1 is 0.931 bits per heavy atom. The quantitative estimate of drug-likeness (QED) is 0.180. The second-order valence-electron chi connectivity index (χ2n) is 6.04. The molecule has 0 saturated carbocycles. The Bertz CT molecular complexity index is 1140. The van der Waals surface area contributed by atoms with Gasteiger partial charge in [0.15, 0.2) is 11.6 Å². The van der Waals surface area contributed by atoms with Gasteiger partial charge in [0.25, 0.3) is 0 Å². The zero-order chi connectivity index (χ0) is 21.6. The van der Waals surface area contributed by atoms with Gasteiger partial charge in [0.2, 0.25) is 0 Å². The Morgan fingerprint density at radius 2 is 1.48 bits per heavy atom. The standard InChI is InChI=1S/C10H10N2O.C9H8N2O.3HI.V/c1-6-4-11-10-9(6)3-8(5-12-10)7(2)13;1-6(12)8-4-7-2-3-10-9(7)11-5-8;;;;/h3-5H,1-2H3,(H,11,12);2-5H,1H3,(H,10,11);3*1H;/q;;;;;+3/p-3. The summed E-state index contributed by atoms with van der Waals surface area (Å²) in [7, 11) is 0. The Hall–Kier alpha value is -0.506. The maximum absolute atomic E-state index is 11.1. The molecule has 0 saturated heterocycles. The van der Waals surface area contributed by atoms with Crippen LogP contribution in [0, 0.1) is 6.92 Å². The first-order valence-electron chi connectivity index (χ1n) is 8.35. The third-order valence-corrected chi connectivity index (χ3v) is 3.95. The first kappa shape index (κ1) is 24.8. The van der Waals surface area contributed by atoms with E-state index in [1.54, 1.807) is 19.3 Å². The van der Waals surface area contributed by atoms with Crippen LogP contribution in [0.5, 0.6) is 0 Å². The van der Waals surface area contributed by atoms with E-state index in [9.17, 15) is 9.59 Å². The van der Waals surface area contributed by atoms with Crippen molar-refractivity contribution in [1.82, 2.24) is 19.9 Å². The number of hydrogen-bond acceptors (Lipinski definition) is 4. The molecule has 0 amide bonds. The van der Waals surface area contributed by atoms with Gasteiger partial charge in [0.1, 0.15) is 11.3 Å². The number of H-pyrrole nitrogens is 2. The number of nitrogens with zero attached hydrogens (tertiary/aromatic N) is 2. The van der Waals surface area contributed by atoms with Gasteiger partial charge in [-0.2, -0.15) is 0 Å². The van der Waals surface area contributed by atoms with Gasteiger partial charge >= 0.3 is 64.9 Å². The Kier molecular flexibility index (Phi) is 10.0. The number of rotatable bonds is 2. The van der Waals surface area contributed by atoms with Crippen molar-refractivity contribution in [3.8, 4) is 0 Å². The average Bonchev–Trinajstić information content (AvgIpc) is 3.27. The van der Waals surface area contributed by atoms with Gasteiger partial charge in [0, 0.05) is 46.7 Å². The predicted molar refractivity (Wildman–Crippen MR) is 139 cm³/mol. The molecular weight excluding hydrogens is 748 g/mol. The minimum atomic E-state index is -0.278. The number of aryl methyl sites for hydroxylation is 1. The topological polar surface area (TPSA) is 91.5 Å². The first-order chi connectivity index (χ1) is 13.7. The van der Waals surface area contributed by atoms with Crippen molar-refractivity contribution in [2.24, 2.45) is 0 Å². The molecule has 0 aliphatic heterocycles. The summed E-state index contributed by atoms with van der Waals surface area (Å²) in [5, 5.41) is 2.00. The van der Waals surface area contributed by atoms with Gasteiger partial charge in [-0.1, -0.05) is 0 Å². The zero-order valence-electron chi connectivity index (χ0n) is 15.8. The van der Waals surface area contributed by atoms with E-state index in [1.807, 2.05) is 37.5 Å².